The Kier molecular flexibility index (Phi) is 3.08. The molecule has 0 aliphatic carbocycles. The number of hydrogen-bond acceptors (Lipinski definition) is 4. The number of tetrazole rings is 1. The fourth-order valence-corrected chi connectivity index (χ4v) is 1.92. The van der Waals surface area contributed by atoms with Crippen LogP contribution >= 0.6 is 15.9 Å². The van der Waals surface area contributed by atoms with E-state index < -0.39 is 0 Å². The molecule has 19 heavy (non-hydrogen) atoms. The average Bonchev–Trinajstić information content (AvgIpc) is 2.93. The Hall–Kier alpha value is -2.08. The molecule has 0 radical (unpaired) electrons. The zero-order valence-corrected chi connectivity index (χ0v) is 11.7. The van der Waals surface area contributed by atoms with Crippen LogP contribution in [-0.4, -0.2) is 25.2 Å². The molecule has 0 spiro atoms. The minimum atomic E-state index is 0.515. The van der Waals surface area contributed by atoms with Crippen LogP contribution in [-0.2, 0) is 0 Å². The summed E-state index contributed by atoms with van der Waals surface area (Å²) in [4.78, 5) is 5.71. The van der Waals surface area contributed by atoms with Crippen molar-refractivity contribution in [1.82, 2.24) is 25.2 Å². The highest BCUT2D eigenvalue weighted by atomic mass is 79.9. The van der Waals surface area contributed by atoms with Gasteiger partial charge in [-0.25, -0.2) is 0 Å². The summed E-state index contributed by atoms with van der Waals surface area (Å²) in [5.74, 6) is 0.515. The fraction of sp³-hybridized carbons (Fsp3) is 0.0769. The Morgan fingerprint density at radius 1 is 1.16 bits per heavy atom. The molecule has 0 amide bonds. The quantitative estimate of drug-likeness (QED) is 0.729. The second-order valence-electron chi connectivity index (χ2n) is 4.05. The van der Waals surface area contributed by atoms with Gasteiger partial charge in [0, 0.05) is 10.7 Å². The van der Waals surface area contributed by atoms with Gasteiger partial charge >= 0.3 is 0 Å². The first-order chi connectivity index (χ1) is 9.24. The van der Waals surface area contributed by atoms with E-state index in [0.29, 0.717) is 11.5 Å². The first-order valence-electron chi connectivity index (χ1n) is 5.72. The summed E-state index contributed by atoms with van der Waals surface area (Å²) in [5.41, 5.74) is 2.70. The van der Waals surface area contributed by atoms with Crippen LogP contribution in [0.5, 0.6) is 0 Å². The average molecular weight is 316 g/mol. The number of halogens is 1. The van der Waals surface area contributed by atoms with E-state index in [1.54, 1.807) is 6.20 Å². The van der Waals surface area contributed by atoms with Crippen molar-refractivity contribution in [3.05, 3.63) is 52.6 Å². The van der Waals surface area contributed by atoms with Crippen LogP contribution in [0.4, 0.5) is 0 Å². The monoisotopic (exact) mass is 315 g/mol. The van der Waals surface area contributed by atoms with Crippen LogP contribution in [0.3, 0.4) is 0 Å². The predicted molar refractivity (Wildman–Crippen MR) is 74.8 cm³/mol. The molecule has 2 heterocycles. The smallest absolute Gasteiger partial charge is 0.223 e. The minimum absolute atomic E-state index is 0.515. The van der Waals surface area contributed by atoms with Crippen molar-refractivity contribution >= 4 is 15.9 Å². The van der Waals surface area contributed by atoms with Gasteiger partial charge in [0.25, 0.3) is 0 Å². The van der Waals surface area contributed by atoms with Crippen molar-refractivity contribution in [3.8, 4) is 17.2 Å². The molecule has 0 saturated carbocycles. The van der Waals surface area contributed by atoms with Crippen molar-refractivity contribution in [3.63, 3.8) is 0 Å². The van der Waals surface area contributed by atoms with Crippen LogP contribution in [0.2, 0.25) is 0 Å². The van der Waals surface area contributed by atoms with Gasteiger partial charge in [0.1, 0.15) is 5.69 Å². The van der Waals surface area contributed by atoms with Gasteiger partial charge in [0.05, 0.1) is 5.69 Å². The molecule has 0 aliphatic rings. The van der Waals surface area contributed by atoms with Gasteiger partial charge in [0.2, 0.25) is 5.82 Å². The molecule has 0 N–H and O–H groups in total. The lowest BCUT2D eigenvalue weighted by Crippen LogP contribution is -1.99. The molecular formula is C13H10BrN5. The molecule has 0 bridgehead atoms. The lowest BCUT2D eigenvalue weighted by Gasteiger charge is -2.01. The van der Waals surface area contributed by atoms with E-state index in [1.807, 2.05) is 43.3 Å². The van der Waals surface area contributed by atoms with E-state index in [9.17, 15) is 0 Å². The van der Waals surface area contributed by atoms with Crippen molar-refractivity contribution in [2.75, 3.05) is 0 Å². The van der Waals surface area contributed by atoms with Gasteiger partial charge in [-0.3, -0.25) is 4.98 Å². The molecule has 94 valence electrons. The Bertz CT molecular complexity index is 708. The molecule has 1 aromatic carbocycles. The molecule has 5 nitrogen and oxygen atoms in total. The van der Waals surface area contributed by atoms with Gasteiger partial charge in [0.15, 0.2) is 0 Å². The number of aromatic nitrogens is 5. The molecule has 2 aromatic heterocycles. The van der Waals surface area contributed by atoms with Crippen LogP contribution in [0, 0.1) is 6.92 Å². The van der Waals surface area contributed by atoms with Crippen molar-refractivity contribution in [1.29, 1.82) is 0 Å². The maximum atomic E-state index is 4.34. The standard InChI is InChI=1S/C13H10BrN5/c1-9-8-10(5-6-11(9)14)19-17-13(16-18-19)12-4-2-3-7-15-12/h2-8H,1H3. The zero-order valence-electron chi connectivity index (χ0n) is 10.2. The van der Waals surface area contributed by atoms with E-state index in [2.05, 4.69) is 36.3 Å². The number of aryl methyl sites for hydroxylation is 1. The van der Waals surface area contributed by atoms with Gasteiger partial charge in [-0.2, -0.15) is 0 Å². The molecule has 3 rings (SSSR count). The van der Waals surface area contributed by atoms with Crippen molar-refractivity contribution < 1.29 is 0 Å². The second kappa shape index (κ2) is 4.89. The maximum absolute atomic E-state index is 4.34. The van der Waals surface area contributed by atoms with E-state index >= 15 is 0 Å². The highest BCUT2D eigenvalue weighted by molar-refractivity contribution is 9.10. The van der Waals surface area contributed by atoms with Crippen molar-refractivity contribution in [2.24, 2.45) is 0 Å². The first kappa shape index (κ1) is 12.0. The summed E-state index contributed by atoms with van der Waals surface area (Å²) >= 11 is 3.47. The van der Waals surface area contributed by atoms with Crippen LogP contribution in [0.1, 0.15) is 5.56 Å². The number of hydrogen-bond donors (Lipinski definition) is 0. The van der Waals surface area contributed by atoms with E-state index in [4.69, 9.17) is 0 Å². The van der Waals surface area contributed by atoms with E-state index in [1.165, 1.54) is 4.80 Å². The largest absolute Gasteiger partial charge is 0.253 e. The second-order valence-corrected chi connectivity index (χ2v) is 4.91. The molecule has 6 heteroatoms. The third kappa shape index (κ3) is 2.39. The Balaban J connectivity index is 1.99. The van der Waals surface area contributed by atoms with Gasteiger partial charge in [-0.15, -0.1) is 15.0 Å². The van der Waals surface area contributed by atoms with Crippen molar-refractivity contribution in [2.45, 2.75) is 6.92 Å². The Labute approximate surface area is 118 Å². The lowest BCUT2D eigenvalue weighted by atomic mass is 10.2. The van der Waals surface area contributed by atoms with E-state index in [-0.39, 0.29) is 0 Å². The fourth-order valence-electron chi connectivity index (χ4n) is 1.67. The van der Waals surface area contributed by atoms with Crippen LogP contribution in [0.15, 0.2) is 47.1 Å². The summed E-state index contributed by atoms with van der Waals surface area (Å²) in [6, 6.07) is 11.5. The molecule has 0 saturated heterocycles. The maximum Gasteiger partial charge on any atom is 0.223 e. The summed E-state index contributed by atoms with van der Waals surface area (Å²) in [6.45, 7) is 2.02. The molecule has 0 aliphatic heterocycles. The molecule has 0 fully saturated rings. The van der Waals surface area contributed by atoms with Gasteiger partial charge < -0.3 is 0 Å². The van der Waals surface area contributed by atoms with Gasteiger partial charge in [-0.05, 0) is 48.0 Å². The van der Waals surface area contributed by atoms with Crippen LogP contribution < -0.4 is 0 Å². The number of rotatable bonds is 2. The third-order valence-corrected chi connectivity index (χ3v) is 3.57. The predicted octanol–water partition coefficient (Wildman–Crippen LogP) is 2.80. The molecular weight excluding hydrogens is 306 g/mol. The lowest BCUT2D eigenvalue weighted by molar-refractivity contribution is 0.719. The summed E-state index contributed by atoms with van der Waals surface area (Å²) < 4.78 is 1.06. The molecule has 0 unspecified atom stereocenters. The summed E-state index contributed by atoms with van der Waals surface area (Å²) in [7, 11) is 0. The Morgan fingerprint density at radius 3 is 2.79 bits per heavy atom. The normalized spacial score (nSPS) is 10.6. The summed E-state index contributed by atoms with van der Waals surface area (Å²) in [5, 5.41) is 12.4. The van der Waals surface area contributed by atoms with Crippen LogP contribution in [0.25, 0.3) is 17.2 Å². The number of benzene rings is 1. The molecule has 0 atom stereocenters. The first-order valence-corrected chi connectivity index (χ1v) is 6.51. The topological polar surface area (TPSA) is 56.5 Å². The van der Waals surface area contributed by atoms with E-state index in [0.717, 1.165) is 15.7 Å². The highest BCUT2D eigenvalue weighted by Gasteiger charge is 2.08. The zero-order chi connectivity index (χ0) is 13.2. The SMILES string of the molecule is Cc1cc(-n2nnc(-c3ccccn3)n2)ccc1Br. The minimum Gasteiger partial charge on any atom is -0.253 e. The molecule has 3 aromatic rings. The van der Waals surface area contributed by atoms with Gasteiger partial charge in [-0.1, -0.05) is 22.0 Å². The Morgan fingerprint density at radius 2 is 2.05 bits per heavy atom. The highest BCUT2D eigenvalue weighted by Crippen LogP contribution is 2.19. The summed E-state index contributed by atoms with van der Waals surface area (Å²) in [6.07, 6.45) is 1.71. The third-order valence-electron chi connectivity index (χ3n) is 2.68. The number of nitrogens with zero attached hydrogens (tertiary/aromatic N) is 5. The number of pyridine rings is 1.